The molecule has 2 atom stereocenters. The molecule has 0 aliphatic heterocycles. The Morgan fingerprint density at radius 1 is 1.61 bits per heavy atom. The predicted molar refractivity (Wildman–Crippen MR) is 65.3 cm³/mol. The van der Waals surface area contributed by atoms with Crippen LogP contribution < -0.4 is 10.5 Å². The van der Waals surface area contributed by atoms with E-state index in [2.05, 4.69) is 5.10 Å². The van der Waals surface area contributed by atoms with E-state index in [1.54, 1.807) is 7.05 Å². The molecule has 1 fully saturated rings. The maximum absolute atomic E-state index is 10.9. The minimum Gasteiger partial charge on any atom is -0.468 e. The van der Waals surface area contributed by atoms with Crippen molar-refractivity contribution in [3.8, 4) is 5.88 Å². The molecule has 0 saturated heterocycles. The highest BCUT2D eigenvalue weighted by Gasteiger charge is 2.29. The fraction of sp³-hybridized carbons (Fsp3) is 0.727. The summed E-state index contributed by atoms with van der Waals surface area (Å²) in [5.74, 6) is 0.369. The summed E-state index contributed by atoms with van der Waals surface area (Å²) < 4.78 is 7.12. The highest BCUT2D eigenvalue weighted by Crippen LogP contribution is 2.31. The lowest BCUT2D eigenvalue weighted by Crippen LogP contribution is -2.35. The van der Waals surface area contributed by atoms with Crippen molar-refractivity contribution in [3.05, 3.63) is 16.3 Å². The molecule has 1 saturated carbocycles. The van der Waals surface area contributed by atoms with Gasteiger partial charge < -0.3 is 10.5 Å². The van der Waals surface area contributed by atoms with Gasteiger partial charge in [0.25, 0.3) is 0 Å². The summed E-state index contributed by atoms with van der Waals surface area (Å²) in [4.78, 5) is 10.4. The molecule has 0 spiro atoms. The van der Waals surface area contributed by atoms with Crippen LogP contribution in [0.2, 0.25) is 0 Å². The fourth-order valence-corrected chi connectivity index (χ4v) is 2.41. The first-order chi connectivity index (χ1) is 8.61. The Labute approximate surface area is 105 Å². The molecule has 1 aromatic rings. The van der Waals surface area contributed by atoms with Gasteiger partial charge in [0.2, 0.25) is 0 Å². The van der Waals surface area contributed by atoms with Crippen molar-refractivity contribution in [2.75, 3.05) is 6.54 Å². The van der Waals surface area contributed by atoms with Crippen molar-refractivity contribution in [2.24, 2.45) is 18.7 Å². The van der Waals surface area contributed by atoms with Gasteiger partial charge in [-0.3, -0.25) is 14.8 Å². The first kappa shape index (κ1) is 12.8. The topological polar surface area (TPSA) is 96.2 Å². The molecule has 1 aromatic heterocycles. The first-order valence-electron chi connectivity index (χ1n) is 6.16. The Hall–Kier alpha value is -1.63. The lowest BCUT2D eigenvalue weighted by atomic mass is 9.86. The molecule has 0 aromatic carbocycles. The van der Waals surface area contributed by atoms with Gasteiger partial charge >= 0.3 is 11.6 Å². The van der Waals surface area contributed by atoms with E-state index in [-0.39, 0.29) is 23.6 Å². The number of hydrogen-bond acceptors (Lipinski definition) is 5. The number of nitro groups is 1. The minimum atomic E-state index is -0.470. The Morgan fingerprint density at radius 3 is 3.00 bits per heavy atom. The van der Waals surface area contributed by atoms with Crippen molar-refractivity contribution >= 4 is 5.69 Å². The second-order valence-corrected chi connectivity index (χ2v) is 4.69. The van der Waals surface area contributed by atoms with Crippen LogP contribution in [-0.4, -0.2) is 27.4 Å². The quantitative estimate of drug-likeness (QED) is 0.643. The van der Waals surface area contributed by atoms with Gasteiger partial charge in [-0.05, 0) is 25.8 Å². The number of aryl methyl sites for hydroxylation is 1. The number of nitrogens with zero attached hydrogens (tertiary/aromatic N) is 3. The molecular weight excluding hydrogens is 236 g/mol. The van der Waals surface area contributed by atoms with Crippen molar-refractivity contribution < 1.29 is 9.66 Å². The van der Waals surface area contributed by atoms with Crippen LogP contribution in [0.15, 0.2) is 6.20 Å². The molecule has 7 nitrogen and oxygen atoms in total. The summed E-state index contributed by atoms with van der Waals surface area (Å²) in [6.45, 7) is 0.547. The fourth-order valence-electron chi connectivity index (χ4n) is 2.41. The molecule has 1 heterocycles. The minimum absolute atomic E-state index is 0.0580. The summed E-state index contributed by atoms with van der Waals surface area (Å²) >= 11 is 0. The number of hydrogen-bond donors (Lipinski definition) is 1. The first-order valence-corrected chi connectivity index (χ1v) is 6.16. The third kappa shape index (κ3) is 2.61. The van der Waals surface area contributed by atoms with Gasteiger partial charge in [0.1, 0.15) is 12.3 Å². The van der Waals surface area contributed by atoms with Crippen molar-refractivity contribution in [3.63, 3.8) is 0 Å². The number of rotatable bonds is 4. The van der Waals surface area contributed by atoms with E-state index in [1.807, 2.05) is 0 Å². The smallest absolute Gasteiger partial charge is 0.350 e. The highest BCUT2D eigenvalue weighted by molar-refractivity contribution is 5.38. The van der Waals surface area contributed by atoms with Gasteiger partial charge in [0.15, 0.2) is 0 Å². The SMILES string of the molecule is Cn1cc([N+](=O)[O-])c(OC2CCCCC2CN)n1. The van der Waals surface area contributed by atoms with Gasteiger partial charge in [0, 0.05) is 13.0 Å². The van der Waals surface area contributed by atoms with Crippen LogP contribution in [0.4, 0.5) is 5.69 Å². The second-order valence-electron chi connectivity index (χ2n) is 4.69. The Bertz CT molecular complexity index is 432. The van der Waals surface area contributed by atoms with Crippen LogP contribution in [0.1, 0.15) is 25.7 Å². The highest BCUT2D eigenvalue weighted by atomic mass is 16.6. The molecule has 0 amide bonds. The van der Waals surface area contributed by atoms with Crippen LogP contribution >= 0.6 is 0 Å². The van der Waals surface area contributed by atoms with Gasteiger partial charge in [-0.2, -0.15) is 0 Å². The van der Waals surface area contributed by atoms with E-state index in [0.717, 1.165) is 25.7 Å². The predicted octanol–water partition coefficient (Wildman–Crippen LogP) is 1.22. The molecule has 0 bridgehead atoms. The Morgan fingerprint density at radius 2 is 2.33 bits per heavy atom. The second kappa shape index (κ2) is 5.34. The molecule has 1 aliphatic rings. The number of aromatic nitrogens is 2. The molecule has 2 N–H and O–H groups in total. The average Bonchev–Trinajstić information content (AvgIpc) is 2.71. The summed E-state index contributed by atoms with van der Waals surface area (Å²) in [5, 5.41) is 14.9. The van der Waals surface area contributed by atoms with E-state index in [9.17, 15) is 10.1 Å². The largest absolute Gasteiger partial charge is 0.468 e. The van der Waals surface area contributed by atoms with E-state index in [0.29, 0.717) is 6.54 Å². The molecule has 100 valence electrons. The van der Waals surface area contributed by atoms with E-state index < -0.39 is 4.92 Å². The van der Waals surface area contributed by atoms with Crippen LogP contribution in [0, 0.1) is 16.0 Å². The third-order valence-corrected chi connectivity index (χ3v) is 3.38. The number of ether oxygens (including phenoxy) is 1. The summed E-state index contributed by atoms with van der Waals surface area (Å²) in [7, 11) is 1.64. The van der Waals surface area contributed by atoms with E-state index in [1.165, 1.54) is 10.9 Å². The normalized spacial score (nSPS) is 23.9. The van der Waals surface area contributed by atoms with E-state index in [4.69, 9.17) is 10.5 Å². The third-order valence-electron chi connectivity index (χ3n) is 3.38. The zero-order valence-corrected chi connectivity index (χ0v) is 10.4. The molecule has 2 unspecified atom stereocenters. The van der Waals surface area contributed by atoms with E-state index >= 15 is 0 Å². The summed E-state index contributed by atoms with van der Waals surface area (Å²) in [5.41, 5.74) is 5.63. The molecule has 2 rings (SSSR count). The monoisotopic (exact) mass is 254 g/mol. The summed E-state index contributed by atoms with van der Waals surface area (Å²) in [6, 6.07) is 0. The van der Waals surface area contributed by atoms with Crippen LogP contribution in [-0.2, 0) is 7.05 Å². The van der Waals surface area contributed by atoms with Crippen molar-refractivity contribution in [1.29, 1.82) is 0 Å². The van der Waals surface area contributed by atoms with Gasteiger partial charge in [-0.1, -0.05) is 6.42 Å². The summed E-state index contributed by atoms with van der Waals surface area (Å²) in [6.07, 6.45) is 5.42. The molecule has 18 heavy (non-hydrogen) atoms. The number of nitrogens with two attached hydrogens (primary N) is 1. The molecule has 0 radical (unpaired) electrons. The van der Waals surface area contributed by atoms with Crippen LogP contribution in [0.5, 0.6) is 5.88 Å². The average molecular weight is 254 g/mol. The lowest BCUT2D eigenvalue weighted by molar-refractivity contribution is -0.386. The van der Waals surface area contributed by atoms with Crippen LogP contribution in [0.25, 0.3) is 0 Å². The van der Waals surface area contributed by atoms with Gasteiger partial charge in [0.05, 0.1) is 4.92 Å². The molecule has 7 heteroatoms. The van der Waals surface area contributed by atoms with Gasteiger partial charge in [-0.15, -0.1) is 5.10 Å². The lowest BCUT2D eigenvalue weighted by Gasteiger charge is -2.29. The van der Waals surface area contributed by atoms with Gasteiger partial charge in [-0.25, -0.2) is 0 Å². The Balaban J connectivity index is 2.14. The maximum Gasteiger partial charge on any atom is 0.350 e. The zero-order chi connectivity index (χ0) is 13.1. The van der Waals surface area contributed by atoms with Crippen LogP contribution in [0.3, 0.4) is 0 Å². The molecular formula is C11H18N4O3. The van der Waals surface area contributed by atoms with Crippen molar-refractivity contribution in [1.82, 2.24) is 9.78 Å². The van der Waals surface area contributed by atoms with Crippen molar-refractivity contribution in [2.45, 2.75) is 31.8 Å². The maximum atomic E-state index is 10.9. The molecule has 1 aliphatic carbocycles. The Kier molecular flexibility index (Phi) is 3.81. The zero-order valence-electron chi connectivity index (χ0n) is 10.4. The standard InChI is InChI=1S/C11H18N4O3/c1-14-7-9(15(16)17)11(13-14)18-10-5-3-2-4-8(10)6-12/h7-8,10H,2-6,12H2,1H3.